The van der Waals surface area contributed by atoms with Crippen molar-refractivity contribution in [3.05, 3.63) is 59.7 Å². The van der Waals surface area contributed by atoms with Gasteiger partial charge in [-0.05, 0) is 81.8 Å². The smallest absolute Gasteiger partial charge is 0.408 e. The van der Waals surface area contributed by atoms with E-state index in [0.29, 0.717) is 22.6 Å². The molecule has 208 valence electrons. The molecule has 0 aromatic heterocycles. The van der Waals surface area contributed by atoms with Crippen LogP contribution >= 0.6 is 0 Å². The lowest BCUT2D eigenvalue weighted by molar-refractivity contribution is -0.146. The highest BCUT2D eigenvalue weighted by Crippen LogP contribution is 2.36. The minimum Gasteiger partial charge on any atom is -0.497 e. The second kappa shape index (κ2) is 12.7. The number of hydrogen-bond donors (Lipinski definition) is 2. The van der Waals surface area contributed by atoms with Crippen molar-refractivity contribution < 1.29 is 23.9 Å². The van der Waals surface area contributed by atoms with Gasteiger partial charge in [-0.2, -0.15) is 0 Å². The minimum absolute atomic E-state index is 0.184. The van der Waals surface area contributed by atoms with Crippen LogP contribution in [0.25, 0.3) is 0 Å². The van der Waals surface area contributed by atoms with E-state index >= 15 is 0 Å². The lowest BCUT2D eigenvalue weighted by Crippen LogP contribution is -2.58. The van der Waals surface area contributed by atoms with Crippen LogP contribution in [0.15, 0.2) is 48.5 Å². The van der Waals surface area contributed by atoms with Crippen LogP contribution in [-0.2, 0) is 14.3 Å². The molecule has 0 heterocycles. The van der Waals surface area contributed by atoms with Crippen molar-refractivity contribution in [1.82, 2.24) is 10.2 Å². The van der Waals surface area contributed by atoms with Crippen LogP contribution in [0.5, 0.6) is 5.75 Å². The zero-order chi connectivity index (χ0) is 28.7. The molecular weight excluding hydrogens is 494 g/mol. The maximum Gasteiger partial charge on any atom is 0.408 e. The molecule has 2 aromatic carbocycles. The van der Waals surface area contributed by atoms with Gasteiger partial charge in [0.2, 0.25) is 5.91 Å². The van der Waals surface area contributed by atoms with Gasteiger partial charge in [-0.3, -0.25) is 9.59 Å². The fourth-order valence-electron chi connectivity index (χ4n) is 4.46. The molecule has 8 nitrogen and oxygen atoms in total. The number of carbonyl (C=O) groups is 3. The van der Waals surface area contributed by atoms with E-state index in [0.717, 1.165) is 19.3 Å². The van der Waals surface area contributed by atoms with Gasteiger partial charge in [0.25, 0.3) is 5.91 Å². The van der Waals surface area contributed by atoms with Crippen LogP contribution in [0, 0.1) is 18.3 Å². The summed E-state index contributed by atoms with van der Waals surface area (Å²) in [5.41, 5.74) is 0.892. The number of carbonyl (C=O) groups excluding carboxylic acids is 3. The van der Waals surface area contributed by atoms with E-state index < -0.39 is 29.7 Å². The van der Waals surface area contributed by atoms with Crippen molar-refractivity contribution in [2.45, 2.75) is 77.6 Å². The van der Waals surface area contributed by atoms with Crippen LogP contribution in [0.4, 0.5) is 10.5 Å². The number of nitrogens with one attached hydrogen (secondary N) is 2. The van der Waals surface area contributed by atoms with Crippen molar-refractivity contribution >= 4 is 23.6 Å². The van der Waals surface area contributed by atoms with Crippen molar-refractivity contribution in [1.29, 1.82) is 0 Å². The van der Waals surface area contributed by atoms with E-state index in [-0.39, 0.29) is 17.9 Å². The average Bonchev–Trinajstić information content (AvgIpc) is 2.85. The molecule has 0 bridgehead atoms. The van der Waals surface area contributed by atoms with Gasteiger partial charge in [0.05, 0.1) is 7.11 Å². The first-order valence-electron chi connectivity index (χ1n) is 13.3. The lowest BCUT2D eigenvalue weighted by Gasteiger charge is -2.44. The summed E-state index contributed by atoms with van der Waals surface area (Å²) >= 11 is 0. The molecule has 0 radical (unpaired) electrons. The molecule has 0 spiro atoms. The van der Waals surface area contributed by atoms with Crippen LogP contribution in [0.2, 0.25) is 0 Å². The summed E-state index contributed by atoms with van der Waals surface area (Å²) in [5, 5.41) is 5.71. The van der Waals surface area contributed by atoms with E-state index in [4.69, 9.17) is 15.9 Å². The summed E-state index contributed by atoms with van der Waals surface area (Å²) in [6.45, 7) is 8.97. The van der Waals surface area contributed by atoms with E-state index in [9.17, 15) is 14.4 Å². The summed E-state index contributed by atoms with van der Waals surface area (Å²) in [5.74, 6) is 2.30. The molecule has 1 saturated carbocycles. The Hall–Kier alpha value is -3.99. The number of ether oxygens (including phenoxy) is 2. The number of anilines is 1. The molecule has 1 aliphatic carbocycles. The first-order chi connectivity index (χ1) is 18.4. The minimum atomic E-state index is -1.01. The molecule has 3 rings (SSSR count). The topological polar surface area (TPSA) is 97.0 Å². The normalized spacial score (nSPS) is 14.8. The van der Waals surface area contributed by atoms with Gasteiger partial charge in [0.15, 0.2) is 0 Å². The Morgan fingerprint density at radius 1 is 1.05 bits per heavy atom. The Kier molecular flexibility index (Phi) is 9.63. The molecule has 8 heteroatoms. The van der Waals surface area contributed by atoms with E-state index in [1.54, 1.807) is 81.3 Å². The summed E-state index contributed by atoms with van der Waals surface area (Å²) in [4.78, 5) is 42.6. The van der Waals surface area contributed by atoms with Crippen LogP contribution in [-0.4, -0.2) is 47.6 Å². The van der Waals surface area contributed by atoms with Gasteiger partial charge in [-0.1, -0.05) is 38.0 Å². The largest absolute Gasteiger partial charge is 0.497 e. The van der Waals surface area contributed by atoms with Crippen molar-refractivity contribution in [3.63, 3.8) is 0 Å². The molecule has 2 aromatic rings. The highest BCUT2D eigenvalue weighted by molar-refractivity contribution is 5.99. The molecule has 39 heavy (non-hydrogen) atoms. The Bertz CT molecular complexity index is 1210. The number of methoxy groups -OCH3 is 1. The van der Waals surface area contributed by atoms with E-state index in [2.05, 4.69) is 16.6 Å². The highest BCUT2D eigenvalue weighted by atomic mass is 16.6. The predicted molar refractivity (Wildman–Crippen MR) is 151 cm³/mol. The average molecular weight is 534 g/mol. The molecule has 2 atom stereocenters. The van der Waals surface area contributed by atoms with Gasteiger partial charge in [-0.15, -0.1) is 6.42 Å². The zero-order valence-electron chi connectivity index (χ0n) is 23.6. The number of benzene rings is 2. The first kappa shape index (κ1) is 29.6. The fraction of sp³-hybridized carbons (Fsp3) is 0.452. The second-order valence-corrected chi connectivity index (χ2v) is 11.1. The molecule has 2 unspecified atom stereocenters. The Balaban J connectivity index is 2.05. The maximum atomic E-state index is 14.3. The van der Waals surface area contributed by atoms with Crippen LogP contribution in [0.1, 0.15) is 71.0 Å². The van der Waals surface area contributed by atoms with Crippen molar-refractivity contribution in [2.75, 3.05) is 12.4 Å². The SMILES string of the molecule is C#Cc1ccccc1C(C(=O)Nc1ccc(OC)cc1)N(C(=O)C(NC(=O)OC(C)(C)C)C(C)C)C1CCC1. The molecule has 1 fully saturated rings. The number of nitrogens with zero attached hydrogens (tertiary/aromatic N) is 1. The quantitative estimate of drug-likeness (QED) is 0.427. The second-order valence-electron chi connectivity index (χ2n) is 11.1. The van der Waals surface area contributed by atoms with E-state index in [1.807, 2.05) is 13.8 Å². The molecule has 2 N–H and O–H groups in total. The van der Waals surface area contributed by atoms with Gasteiger partial charge in [0, 0.05) is 17.3 Å². The van der Waals surface area contributed by atoms with Gasteiger partial charge >= 0.3 is 6.09 Å². The molecule has 1 aliphatic rings. The maximum absolute atomic E-state index is 14.3. The predicted octanol–water partition coefficient (Wildman–Crippen LogP) is 5.29. The molecular formula is C31H39N3O5. The number of rotatable bonds is 9. The summed E-state index contributed by atoms with van der Waals surface area (Å²) < 4.78 is 10.7. The number of amides is 3. The lowest BCUT2D eigenvalue weighted by atomic mass is 9.86. The number of terminal acetylenes is 1. The summed E-state index contributed by atoms with van der Waals surface area (Å²) in [6, 6.07) is 12.0. The van der Waals surface area contributed by atoms with Gasteiger partial charge < -0.3 is 25.0 Å². The monoisotopic (exact) mass is 533 g/mol. The number of alkyl carbamates (subject to hydrolysis) is 1. The Morgan fingerprint density at radius 3 is 2.21 bits per heavy atom. The fourth-order valence-corrected chi connectivity index (χ4v) is 4.46. The third-order valence-electron chi connectivity index (χ3n) is 6.62. The highest BCUT2D eigenvalue weighted by Gasteiger charge is 2.43. The third kappa shape index (κ3) is 7.53. The van der Waals surface area contributed by atoms with Crippen molar-refractivity contribution in [2.24, 2.45) is 5.92 Å². The van der Waals surface area contributed by atoms with E-state index in [1.165, 1.54) is 0 Å². The summed E-state index contributed by atoms with van der Waals surface area (Å²) in [6.07, 6.45) is 7.57. The standard InChI is InChI=1S/C31H39N3O5/c1-8-21-12-9-10-15-25(21)27(28(35)32-22-16-18-24(38-7)19-17-22)34(23-13-11-14-23)29(36)26(20(2)3)33-30(37)39-31(4,5)6/h1,9-10,12,15-20,23,26-27H,11,13-14H2,2-7H3,(H,32,35)(H,33,37). The van der Waals surface area contributed by atoms with Crippen LogP contribution < -0.4 is 15.4 Å². The zero-order valence-corrected chi connectivity index (χ0v) is 23.6. The van der Waals surface area contributed by atoms with Crippen LogP contribution in [0.3, 0.4) is 0 Å². The Labute approximate surface area is 231 Å². The first-order valence-corrected chi connectivity index (χ1v) is 13.3. The number of hydrogen-bond acceptors (Lipinski definition) is 5. The summed E-state index contributed by atoms with van der Waals surface area (Å²) in [7, 11) is 1.57. The molecule has 0 saturated heterocycles. The Morgan fingerprint density at radius 2 is 1.69 bits per heavy atom. The molecule has 3 amide bonds. The van der Waals surface area contributed by atoms with Crippen molar-refractivity contribution in [3.8, 4) is 18.1 Å². The molecule has 0 aliphatic heterocycles. The third-order valence-corrected chi connectivity index (χ3v) is 6.62. The van der Waals surface area contributed by atoms with Gasteiger partial charge in [0.1, 0.15) is 23.4 Å². The van der Waals surface area contributed by atoms with Gasteiger partial charge in [-0.25, -0.2) is 4.79 Å².